The van der Waals surface area contributed by atoms with Gasteiger partial charge in [-0.15, -0.1) is 0 Å². The molecular formula is C22H16ClN3O3. The maximum atomic E-state index is 12.4. The summed E-state index contributed by atoms with van der Waals surface area (Å²) in [5.41, 5.74) is 2.26. The number of aromatic nitrogens is 1. The third-order valence-corrected chi connectivity index (χ3v) is 4.63. The zero-order valence-corrected chi connectivity index (χ0v) is 15.9. The molecule has 0 bridgehead atoms. The number of ether oxygens (including phenoxy) is 1. The second kappa shape index (κ2) is 8.16. The summed E-state index contributed by atoms with van der Waals surface area (Å²) in [5, 5.41) is 6.07. The van der Waals surface area contributed by atoms with Crippen molar-refractivity contribution in [1.82, 2.24) is 10.3 Å². The van der Waals surface area contributed by atoms with Crippen molar-refractivity contribution < 1.29 is 14.3 Å². The summed E-state index contributed by atoms with van der Waals surface area (Å²) in [5.74, 6) is -0.115. The van der Waals surface area contributed by atoms with E-state index in [0.717, 1.165) is 5.69 Å². The Hall–Kier alpha value is -3.64. The van der Waals surface area contributed by atoms with Gasteiger partial charge in [0.05, 0.1) is 17.9 Å². The highest BCUT2D eigenvalue weighted by Crippen LogP contribution is 2.33. The molecule has 2 amide bonds. The summed E-state index contributed by atoms with van der Waals surface area (Å²) < 4.78 is 5.72. The standard InChI is InChI=1S/C22H16ClN3O3/c23-17-7-2-1-5-14(17)12-20-22(28)26-18-11-15(8-9-19(18)29-20)21(27)25-13-16-6-3-4-10-24-16/h1-12H,13H2,(H,25,27)(H,26,28). The van der Waals surface area contributed by atoms with Crippen molar-refractivity contribution >= 4 is 35.2 Å². The predicted octanol–water partition coefficient (Wildman–Crippen LogP) is 4.04. The van der Waals surface area contributed by atoms with E-state index in [9.17, 15) is 9.59 Å². The number of nitrogens with one attached hydrogen (secondary N) is 2. The lowest BCUT2D eigenvalue weighted by atomic mass is 10.1. The second-order valence-electron chi connectivity index (χ2n) is 6.30. The van der Waals surface area contributed by atoms with Crippen molar-refractivity contribution in [2.75, 3.05) is 5.32 Å². The van der Waals surface area contributed by atoms with Crippen LogP contribution in [0.3, 0.4) is 0 Å². The minimum absolute atomic E-state index is 0.123. The number of nitrogens with zero attached hydrogens (tertiary/aromatic N) is 1. The van der Waals surface area contributed by atoms with Crippen LogP contribution < -0.4 is 15.4 Å². The first kappa shape index (κ1) is 18.7. The highest BCUT2D eigenvalue weighted by atomic mass is 35.5. The Balaban J connectivity index is 1.50. The van der Waals surface area contributed by atoms with Crippen LogP contribution in [0.15, 0.2) is 72.6 Å². The van der Waals surface area contributed by atoms with Gasteiger partial charge in [-0.05, 0) is 48.0 Å². The van der Waals surface area contributed by atoms with Gasteiger partial charge in [0, 0.05) is 16.8 Å². The molecule has 1 aliphatic heterocycles. The molecule has 0 spiro atoms. The molecule has 2 heterocycles. The molecule has 2 N–H and O–H groups in total. The molecule has 0 unspecified atom stereocenters. The van der Waals surface area contributed by atoms with Crippen LogP contribution in [0, 0.1) is 0 Å². The van der Waals surface area contributed by atoms with Crippen LogP contribution in [0.2, 0.25) is 5.02 Å². The van der Waals surface area contributed by atoms with Crippen LogP contribution in [-0.2, 0) is 11.3 Å². The number of benzene rings is 2. The van der Waals surface area contributed by atoms with Crippen molar-refractivity contribution in [1.29, 1.82) is 0 Å². The van der Waals surface area contributed by atoms with Crippen molar-refractivity contribution in [2.45, 2.75) is 6.54 Å². The van der Waals surface area contributed by atoms with Gasteiger partial charge in [0.15, 0.2) is 11.5 Å². The van der Waals surface area contributed by atoms with Crippen molar-refractivity contribution in [2.24, 2.45) is 0 Å². The minimum Gasteiger partial charge on any atom is -0.449 e. The van der Waals surface area contributed by atoms with Crippen molar-refractivity contribution in [3.8, 4) is 5.75 Å². The topological polar surface area (TPSA) is 80.3 Å². The molecule has 1 aromatic heterocycles. The molecular weight excluding hydrogens is 390 g/mol. The number of halogens is 1. The molecule has 0 saturated heterocycles. The summed E-state index contributed by atoms with van der Waals surface area (Å²) in [4.78, 5) is 29.0. The molecule has 0 atom stereocenters. The van der Waals surface area contributed by atoms with E-state index in [2.05, 4.69) is 15.6 Å². The molecule has 7 heteroatoms. The normalized spacial score (nSPS) is 14.0. The summed E-state index contributed by atoms with van der Waals surface area (Å²) >= 11 is 6.14. The fraction of sp³-hybridized carbons (Fsp3) is 0.0455. The highest BCUT2D eigenvalue weighted by molar-refractivity contribution is 6.32. The predicted molar refractivity (Wildman–Crippen MR) is 111 cm³/mol. The van der Waals surface area contributed by atoms with Crippen molar-refractivity contribution in [3.63, 3.8) is 0 Å². The zero-order chi connectivity index (χ0) is 20.2. The Labute approximate surface area is 172 Å². The third-order valence-electron chi connectivity index (χ3n) is 4.28. The van der Waals surface area contributed by atoms with E-state index < -0.39 is 5.91 Å². The fourth-order valence-corrected chi connectivity index (χ4v) is 3.00. The number of fused-ring (bicyclic) bond motifs is 1. The SMILES string of the molecule is O=C1Nc2cc(C(=O)NCc3ccccn3)ccc2OC1=Cc1ccccc1Cl. The summed E-state index contributed by atoms with van der Waals surface area (Å²) in [6.45, 7) is 0.310. The molecule has 144 valence electrons. The monoisotopic (exact) mass is 405 g/mol. The molecule has 1 aliphatic rings. The molecule has 4 rings (SSSR count). The van der Waals surface area contributed by atoms with E-state index >= 15 is 0 Å². The van der Waals surface area contributed by atoms with Gasteiger partial charge in [-0.3, -0.25) is 14.6 Å². The lowest BCUT2D eigenvalue weighted by molar-refractivity contribution is -0.115. The molecule has 0 radical (unpaired) electrons. The number of amides is 2. The van der Waals surface area contributed by atoms with E-state index in [1.165, 1.54) is 0 Å². The maximum Gasteiger partial charge on any atom is 0.291 e. The smallest absolute Gasteiger partial charge is 0.291 e. The molecule has 0 saturated carbocycles. The highest BCUT2D eigenvalue weighted by Gasteiger charge is 2.23. The van der Waals surface area contributed by atoms with E-state index in [1.54, 1.807) is 42.6 Å². The Morgan fingerprint density at radius 1 is 1.14 bits per heavy atom. The largest absolute Gasteiger partial charge is 0.449 e. The van der Waals surface area contributed by atoms with E-state index in [0.29, 0.717) is 34.1 Å². The van der Waals surface area contributed by atoms with Gasteiger partial charge >= 0.3 is 0 Å². The Morgan fingerprint density at radius 3 is 2.76 bits per heavy atom. The molecule has 0 fully saturated rings. The molecule has 2 aromatic carbocycles. The van der Waals surface area contributed by atoms with Gasteiger partial charge in [-0.25, -0.2) is 0 Å². The molecule has 6 nitrogen and oxygen atoms in total. The summed E-state index contributed by atoms with van der Waals surface area (Å²) in [6.07, 6.45) is 3.25. The molecule has 29 heavy (non-hydrogen) atoms. The average Bonchev–Trinajstić information content (AvgIpc) is 2.74. The van der Waals surface area contributed by atoms with Crippen molar-refractivity contribution in [3.05, 3.63) is 94.5 Å². The molecule has 3 aromatic rings. The van der Waals surface area contributed by atoms with Gasteiger partial charge in [0.1, 0.15) is 0 Å². The van der Waals surface area contributed by atoms with E-state index in [4.69, 9.17) is 16.3 Å². The van der Waals surface area contributed by atoms with E-state index in [1.807, 2.05) is 30.3 Å². The maximum absolute atomic E-state index is 12.4. The molecule has 0 aliphatic carbocycles. The zero-order valence-electron chi connectivity index (χ0n) is 15.2. The Morgan fingerprint density at radius 2 is 1.97 bits per heavy atom. The number of carbonyl (C=O) groups is 2. The number of hydrogen-bond acceptors (Lipinski definition) is 4. The first-order valence-corrected chi connectivity index (χ1v) is 9.25. The number of hydrogen-bond donors (Lipinski definition) is 2. The van der Waals surface area contributed by atoms with Crippen LogP contribution in [0.25, 0.3) is 6.08 Å². The number of anilines is 1. The van der Waals surface area contributed by atoms with Gasteiger partial charge in [-0.1, -0.05) is 35.9 Å². The van der Waals surface area contributed by atoms with Gasteiger partial charge in [0.25, 0.3) is 11.8 Å². The van der Waals surface area contributed by atoms with Gasteiger partial charge < -0.3 is 15.4 Å². The second-order valence-corrected chi connectivity index (χ2v) is 6.71. The third kappa shape index (κ3) is 4.28. The minimum atomic E-state index is -0.413. The van der Waals surface area contributed by atoms with Crippen LogP contribution in [0.4, 0.5) is 5.69 Å². The number of pyridine rings is 1. The van der Waals surface area contributed by atoms with Crippen LogP contribution >= 0.6 is 11.6 Å². The fourth-order valence-electron chi connectivity index (χ4n) is 2.81. The van der Waals surface area contributed by atoms with Crippen LogP contribution in [0.1, 0.15) is 21.6 Å². The number of carbonyl (C=O) groups excluding carboxylic acids is 2. The Kier molecular flexibility index (Phi) is 5.27. The first-order valence-electron chi connectivity index (χ1n) is 8.88. The number of rotatable bonds is 4. The Bertz CT molecular complexity index is 1110. The van der Waals surface area contributed by atoms with Gasteiger partial charge in [0.2, 0.25) is 0 Å². The van der Waals surface area contributed by atoms with Crippen LogP contribution in [-0.4, -0.2) is 16.8 Å². The lowest BCUT2D eigenvalue weighted by Gasteiger charge is -2.20. The average molecular weight is 406 g/mol. The van der Waals surface area contributed by atoms with Crippen LogP contribution in [0.5, 0.6) is 5.75 Å². The quantitative estimate of drug-likeness (QED) is 0.642. The summed E-state index contributed by atoms with van der Waals surface area (Å²) in [6, 6.07) is 17.5. The van der Waals surface area contributed by atoms with Gasteiger partial charge in [-0.2, -0.15) is 0 Å². The summed E-state index contributed by atoms with van der Waals surface area (Å²) in [7, 11) is 0. The first-order chi connectivity index (χ1) is 14.1. The van der Waals surface area contributed by atoms with E-state index in [-0.39, 0.29) is 11.7 Å². The lowest BCUT2D eigenvalue weighted by Crippen LogP contribution is -2.26.